The molecule has 2 heterocycles. The second-order valence-corrected chi connectivity index (χ2v) is 5.98. The number of nitrogens with zero attached hydrogens (tertiary/aromatic N) is 3. The van der Waals surface area contributed by atoms with Crippen molar-refractivity contribution >= 4 is 39.0 Å². The van der Waals surface area contributed by atoms with Crippen molar-refractivity contribution in [3.8, 4) is 0 Å². The second-order valence-electron chi connectivity index (χ2n) is 4.66. The van der Waals surface area contributed by atoms with Gasteiger partial charge in [-0.15, -0.1) is 0 Å². The van der Waals surface area contributed by atoms with E-state index in [1.165, 1.54) is 0 Å². The molecule has 1 unspecified atom stereocenters. The number of aromatic nitrogens is 1. The fourth-order valence-electron chi connectivity index (χ4n) is 2.49. The average molecular weight is 343 g/mol. The molecule has 0 aromatic carbocycles. The van der Waals surface area contributed by atoms with E-state index in [-0.39, 0.29) is 6.04 Å². The second kappa shape index (κ2) is 6.63. The van der Waals surface area contributed by atoms with Crippen molar-refractivity contribution in [2.75, 3.05) is 31.1 Å². The van der Waals surface area contributed by atoms with Gasteiger partial charge in [0.15, 0.2) is 0 Å². The molecule has 1 aliphatic rings. The number of halogens is 1. The number of anilines is 1. The van der Waals surface area contributed by atoms with Crippen LogP contribution in [-0.2, 0) is 0 Å². The van der Waals surface area contributed by atoms with Gasteiger partial charge in [0.2, 0.25) is 0 Å². The summed E-state index contributed by atoms with van der Waals surface area (Å²) in [5.74, 6) is 1.02. The van der Waals surface area contributed by atoms with E-state index in [0.717, 1.165) is 42.9 Å². The molecular weight excluding hydrogens is 324 g/mol. The standard InChI is InChI=1S/C13H19BrN4S/c1-2-11(12(15)19)17-6-8-18(9-7-17)13-10(14)4-3-5-16-13/h3-5,11H,2,6-9H2,1H3,(H2,15,19). The van der Waals surface area contributed by atoms with Crippen LogP contribution in [0, 0.1) is 0 Å². The first-order chi connectivity index (χ1) is 9.13. The van der Waals surface area contributed by atoms with Crippen LogP contribution in [0.15, 0.2) is 22.8 Å². The highest BCUT2D eigenvalue weighted by Gasteiger charge is 2.25. The summed E-state index contributed by atoms with van der Waals surface area (Å²) in [6.07, 6.45) is 2.80. The molecule has 0 amide bonds. The van der Waals surface area contributed by atoms with Crippen LogP contribution in [0.1, 0.15) is 13.3 Å². The van der Waals surface area contributed by atoms with Crippen LogP contribution in [-0.4, -0.2) is 47.1 Å². The van der Waals surface area contributed by atoms with E-state index in [0.29, 0.717) is 4.99 Å². The predicted octanol–water partition coefficient (Wildman–Crippen LogP) is 2.03. The lowest BCUT2D eigenvalue weighted by Gasteiger charge is -2.39. The average Bonchev–Trinajstić information content (AvgIpc) is 2.41. The maximum atomic E-state index is 5.80. The molecule has 1 aliphatic heterocycles. The maximum absolute atomic E-state index is 5.80. The third kappa shape index (κ3) is 3.43. The summed E-state index contributed by atoms with van der Waals surface area (Å²) in [7, 11) is 0. The molecule has 1 atom stereocenters. The van der Waals surface area contributed by atoms with Crippen molar-refractivity contribution in [1.29, 1.82) is 0 Å². The Morgan fingerprint density at radius 3 is 2.68 bits per heavy atom. The van der Waals surface area contributed by atoms with Crippen molar-refractivity contribution < 1.29 is 0 Å². The number of piperazine rings is 1. The molecular formula is C13H19BrN4S. The molecule has 1 aromatic rings. The van der Waals surface area contributed by atoms with E-state index >= 15 is 0 Å². The molecule has 1 saturated heterocycles. The Balaban J connectivity index is 2.00. The van der Waals surface area contributed by atoms with Crippen LogP contribution >= 0.6 is 28.1 Å². The molecule has 0 bridgehead atoms. The summed E-state index contributed by atoms with van der Waals surface area (Å²) in [5.41, 5.74) is 5.80. The van der Waals surface area contributed by atoms with Crippen molar-refractivity contribution in [1.82, 2.24) is 9.88 Å². The monoisotopic (exact) mass is 342 g/mol. The van der Waals surface area contributed by atoms with Crippen LogP contribution in [0.4, 0.5) is 5.82 Å². The fourth-order valence-corrected chi connectivity index (χ4v) is 3.32. The first-order valence-corrected chi connectivity index (χ1v) is 7.72. The summed E-state index contributed by atoms with van der Waals surface area (Å²) in [4.78, 5) is 9.71. The zero-order chi connectivity index (χ0) is 13.8. The lowest BCUT2D eigenvalue weighted by molar-refractivity contribution is 0.224. The Morgan fingerprint density at radius 1 is 1.47 bits per heavy atom. The normalized spacial score (nSPS) is 18.3. The molecule has 6 heteroatoms. The predicted molar refractivity (Wildman–Crippen MR) is 86.6 cm³/mol. The molecule has 0 radical (unpaired) electrons. The van der Waals surface area contributed by atoms with Crippen molar-refractivity contribution in [2.45, 2.75) is 19.4 Å². The van der Waals surface area contributed by atoms with E-state index in [9.17, 15) is 0 Å². The summed E-state index contributed by atoms with van der Waals surface area (Å²) >= 11 is 8.70. The molecule has 1 aromatic heterocycles. The SMILES string of the molecule is CCC(C(N)=S)N1CCN(c2ncccc2Br)CC1. The number of thiocarbonyl (C=S) groups is 1. The number of nitrogens with two attached hydrogens (primary N) is 1. The first kappa shape index (κ1) is 14.7. The van der Waals surface area contributed by atoms with Gasteiger partial charge in [0.25, 0.3) is 0 Å². The molecule has 2 N–H and O–H groups in total. The summed E-state index contributed by atoms with van der Waals surface area (Å²) in [5, 5.41) is 0. The number of hydrogen-bond acceptors (Lipinski definition) is 4. The lowest BCUT2D eigenvalue weighted by atomic mass is 10.1. The van der Waals surface area contributed by atoms with Gasteiger partial charge in [0.05, 0.1) is 15.5 Å². The van der Waals surface area contributed by atoms with Gasteiger partial charge in [0.1, 0.15) is 5.82 Å². The van der Waals surface area contributed by atoms with Gasteiger partial charge in [-0.25, -0.2) is 4.98 Å². The van der Waals surface area contributed by atoms with Gasteiger partial charge in [-0.3, -0.25) is 4.90 Å². The maximum Gasteiger partial charge on any atom is 0.142 e. The minimum absolute atomic E-state index is 0.226. The van der Waals surface area contributed by atoms with Crippen molar-refractivity contribution in [3.63, 3.8) is 0 Å². The van der Waals surface area contributed by atoms with Crippen molar-refractivity contribution in [2.24, 2.45) is 5.73 Å². The summed E-state index contributed by atoms with van der Waals surface area (Å²) in [6, 6.07) is 4.19. The van der Waals surface area contributed by atoms with Crippen LogP contribution in [0.25, 0.3) is 0 Å². The molecule has 1 fully saturated rings. The molecule has 0 spiro atoms. The van der Waals surface area contributed by atoms with Gasteiger partial charge in [-0.05, 0) is 34.5 Å². The largest absolute Gasteiger partial charge is 0.392 e. The highest BCUT2D eigenvalue weighted by molar-refractivity contribution is 9.10. The highest BCUT2D eigenvalue weighted by Crippen LogP contribution is 2.24. The zero-order valence-electron chi connectivity index (χ0n) is 11.1. The Labute approximate surface area is 128 Å². The van der Waals surface area contributed by atoms with Crippen LogP contribution in [0.2, 0.25) is 0 Å². The first-order valence-electron chi connectivity index (χ1n) is 6.52. The van der Waals surface area contributed by atoms with Gasteiger partial charge >= 0.3 is 0 Å². The van der Waals surface area contributed by atoms with E-state index < -0.39 is 0 Å². The Bertz CT molecular complexity index is 446. The molecule has 0 saturated carbocycles. The van der Waals surface area contributed by atoms with E-state index in [1.807, 2.05) is 18.3 Å². The number of pyridine rings is 1. The smallest absolute Gasteiger partial charge is 0.142 e. The van der Waals surface area contributed by atoms with Crippen LogP contribution in [0.5, 0.6) is 0 Å². The number of rotatable bonds is 4. The van der Waals surface area contributed by atoms with Gasteiger partial charge in [-0.1, -0.05) is 19.1 Å². The highest BCUT2D eigenvalue weighted by atomic mass is 79.9. The quantitative estimate of drug-likeness (QED) is 0.848. The lowest BCUT2D eigenvalue weighted by Crippen LogP contribution is -2.53. The molecule has 4 nitrogen and oxygen atoms in total. The van der Waals surface area contributed by atoms with Gasteiger partial charge in [0, 0.05) is 32.4 Å². The molecule has 0 aliphatic carbocycles. The van der Waals surface area contributed by atoms with Crippen LogP contribution < -0.4 is 10.6 Å². The topological polar surface area (TPSA) is 45.4 Å². The summed E-state index contributed by atoms with van der Waals surface area (Å²) in [6.45, 7) is 5.98. The Hall–Kier alpha value is -0.720. The molecule has 104 valence electrons. The van der Waals surface area contributed by atoms with E-state index in [4.69, 9.17) is 18.0 Å². The van der Waals surface area contributed by atoms with Gasteiger partial charge in [-0.2, -0.15) is 0 Å². The van der Waals surface area contributed by atoms with E-state index in [2.05, 4.69) is 37.6 Å². The zero-order valence-corrected chi connectivity index (χ0v) is 13.5. The van der Waals surface area contributed by atoms with E-state index in [1.54, 1.807) is 0 Å². The Morgan fingerprint density at radius 2 is 2.16 bits per heavy atom. The third-order valence-corrected chi connectivity index (χ3v) is 4.40. The molecule has 2 rings (SSSR count). The molecule has 19 heavy (non-hydrogen) atoms. The number of hydrogen-bond donors (Lipinski definition) is 1. The van der Waals surface area contributed by atoms with Crippen LogP contribution in [0.3, 0.4) is 0 Å². The van der Waals surface area contributed by atoms with Crippen molar-refractivity contribution in [3.05, 3.63) is 22.8 Å². The third-order valence-electron chi connectivity index (χ3n) is 3.51. The Kier molecular flexibility index (Phi) is 5.13. The minimum atomic E-state index is 0.226. The van der Waals surface area contributed by atoms with Gasteiger partial charge < -0.3 is 10.6 Å². The summed E-state index contributed by atoms with van der Waals surface area (Å²) < 4.78 is 1.05. The fraction of sp³-hybridized carbons (Fsp3) is 0.538. The minimum Gasteiger partial charge on any atom is -0.392 e.